The lowest BCUT2D eigenvalue weighted by Gasteiger charge is -2.25. The predicted molar refractivity (Wildman–Crippen MR) is 92.0 cm³/mol. The summed E-state index contributed by atoms with van der Waals surface area (Å²) >= 11 is 5.80. The van der Waals surface area contributed by atoms with Crippen LogP contribution in [0, 0.1) is 5.92 Å². The van der Waals surface area contributed by atoms with Crippen LogP contribution < -0.4 is 10.6 Å². The van der Waals surface area contributed by atoms with E-state index in [0.717, 1.165) is 0 Å². The monoisotopic (exact) mass is 354 g/mol. The normalized spacial score (nSPS) is 14.3. The van der Waals surface area contributed by atoms with E-state index in [1.54, 1.807) is 31.2 Å². The minimum Gasteiger partial charge on any atom is -0.481 e. The van der Waals surface area contributed by atoms with Crippen molar-refractivity contribution in [3.05, 3.63) is 34.9 Å². The van der Waals surface area contributed by atoms with Crippen molar-refractivity contribution < 1.29 is 19.5 Å². The number of hydrogen-bond donors (Lipinski definition) is 3. The van der Waals surface area contributed by atoms with Gasteiger partial charge in [-0.15, -0.1) is 0 Å². The van der Waals surface area contributed by atoms with Crippen LogP contribution in [0.25, 0.3) is 0 Å². The molecule has 0 spiro atoms. The zero-order chi connectivity index (χ0) is 18.3. The van der Waals surface area contributed by atoms with Gasteiger partial charge in [0.2, 0.25) is 5.91 Å². The molecule has 0 fully saturated rings. The maximum atomic E-state index is 12.4. The highest BCUT2D eigenvalue weighted by Gasteiger charge is 2.27. The van der Waals surface area contributed by atoms with Crippen molar-refractivity contribution >= 4 is 29.4 Å². The summed E-state index contributed by atoms with van der Waals surface area (Å²) in [6.07, 6.45) is 0.510. The van der Waals surface area contributed by atoms with Gasteiger partial charge in [0.15, 0.2) is 0 Å². The van der Waals surface area contributed by atoms with Crippen molar-refractivity contribution in [2.45, 2.75) is 45.7 Å². The molecule has 3 N–H and O–H groups in total. The molecule has 1 rings (SSSR count). The Bertz CT molecular complexity index is 589. The number of carbonyl (C=O) groups is 3. The number of nitrogens with one attached hydrogen (secondary N) is 2. The lowest BCUT2D eigenvalue weighted by molar-refractivity contribution is -0.137. The van der Waals surface area contributed by atoms with Crippen LogP contribution in [-0.2, 0) is 9.59 Å². The minimum absolute atomic E-state index is 0.0988. The Morgan fingerprint density at radius 2 is 1.71 bits per heavy atom. The molecule has 0 aromatic heterocycles. The third-order valence-electron chi connectivity index (χ3n) is 3.76. The summed E-state index contributed by atoms with van der Waals surface area (Å²) in [5, 5.41) is 14.7. The highest BCUT2D eigenvalue weighted by molar-refractivity contribution is 6.30. The van der Waals surface area contributed by atoms with Crippen LogP contribution in [-0.4, -0.2) is 35.0 Å². The fraction of sp³-hybridized carbons (Fsp3) is 0.471. The highest BCUT2D eigenvalue weighted by Crippen LogP contribution is 2.12. The molecule has 0 bridgehead atoms. The van der Waals surface area contributed by atoms with E-state index < -0.39 is 18.1 Å². The van der Waals surface area contributed by atoms with E-state index >= 15 is 0 Å². The van der Waals surface area contributed by atoms with Gasteiger partial charge < -0.3 is 15.7 Å². The molecular formula is C17H23ClN2O4. The SMILES string of the molecule is CCC(C)C(NC(=O)c1ccc(Cl)cc1)C(=O)NC(C)CC(=O)O. The summed E-state index contributed by atoms with van der Waals surface area (Å²) in [5.41, 5.74) is 0.402. The van der Waals surface area contributed by atoms with Crippen molar-refractivity contribution in [3.63, 3.8) is 0 Å². The molecule has 0 aliphatic carbocycles. The maximum Gasteiger partial charge on any atom is 0.305 e. The number of halogens is 1. The van der Waals surface area contributed by atoms with Gasteiger partial charge in [-0.3, -0.25) is 14.4 Å². The lowest BCUT2D eigenvalue weighted by atomic mass is 9.97. The number of carboxylic acids is 1. The number of benzene rings is 1. The summed E-state index contributed by atoms with van der Waals surface area (Å²) in [6.45, 7) is 5.38. The Hall–Kier alpha value is -2.08. The van der Waals surface area contributed by atoms with Crippen LogP contribution in [0.15, 0.2) is 24.3 Å². The largest absolute Gasteiger partial charge is 0.481 e. The quantitative estimate of drug-likeness (QED) is 0.668. The van der Waals surface area contributed by atoms with E-state index in [1.165, 1.54) is 0 Å². The second-order valence-corrected chi connectivity index (χ2v) is 6.29. The van der Waals surface area contributed by atoms with Crippen LogP contribution in [0.4, 0.5) is 0 Å². The molecule has 0 radical (unpaired) electrons. The van der Waals surface area contributed by atoms with Gasteiger partial charge in [-0.2, -0.15) is 0 Å². The molecule has 0 aliphatic heterocycles. The zero-order valence-electron chi connectivity index (χ0n) is 14.0. The summed E-state index contributed by atoms with van der Waals surface area (Å²) in [4.78, 5) is 35.5. The Morgan fingerprint density at radius 1 is 1.12 bits per heavy atom. The molecular weight excluding hydrogens is 332 g/mol. The van der Waals surface area contributed by atoms with Gasteiger partial charge in [0, 0.05) is 16.6 Å². The van der Waals surface area contributed by atoms with Crippen LogP contribution in [0.5, 0.6) is 0 Å². The number of aliphatic carboxylic acids is 1. The molecule has 0 heterocycles. The second-order valence-electron chi connectivity index (χ2n) is 5.85. The molecule has 0 aliphatic rings. The predicted octanol–water partition coefficient (Wildman–Crippen LogP) is 2.46. The molecule has 2 amide bonds. The second kappa shape index (κ2) is 9.27. The number of carboxylic acid groups (broad SMARTS) is 1. The number of hydrogen-bond acceptors (Lipinski definition) is 3. The average Bonchev–Trinajstić information content (AvgIpc) is 2.51. The molecule has 0 saturated heterocycles. The summed E-state index contributed by atoms with van der Waals surface area (Å²) in [6, 6.07) is 5.10. The van der Waals surface area contributed by atoms with Crippen LogP contribution in [0.1, 0.15) is 44.0 Å². The van der Waals surface area contributed by atoms with Crippen molar-refractivity contribution in [3.8, 4) is 0 Å². The van der Waals surface area contributed by atoms with Gasteiger partial charge in [-0.05, 0) is 37.1 Å². The topological polar surface area (TPSA) is 95.5 Å². The molecule has 3 unspecified atom stereocenters. The highest BCUT2D eigenvalue weighted by atomic mass is 35.5. The number of amides is 2. The fourth-order valence-corrected chi connectivity index (χ4v) is 2.30. The molecule has 132 valence electrons. The van der Waals surface area contributed by atoms with Crippen LogP contribution >= 0.6 is 11.6 Å². The maximum absolute atomic E-state index is 12.4. The lowest BCUT2D eigenvalue weighted by Crippen LogP contribution is -2.52. The first-order valence-electron chi connectivity index (χ1n) is 7.83. The van der Waals surface area contributed by atoms with E-state index in [-0.39, 0.29) is 24.2 Å². The van der Waals surface area contributed by atoms with Gasteiger partial charge in [0.1, 0.15) is 6.04 Å². The molecule has 24 heavy (non-hydrogen) atoms. The van der Waals surface area contributed by atoms with E-state index in [9.17, 15) is 14.4 Å². The Morgan fingerprint density at radius 3 is 2.21 bits per heavy atom. The first-order valence-corrected chi connectivity index (χ1v) is 8.21. The Kier molecular flexibility index (Phi) is 7.71. The van der Waals surface area contributed by atoms with Gasteiger partial charge in [-0.25, -0.2) is 0 Å². The first-order chi connectivity index (χ1) is 11.2. The van der Waals surface area contributed by atoms with Crippen molar-refractivity contribution in [1.29, 1.82) is 0 Å². The van der Waals surface area contributed by atoms with E-state index in [2.05, 4.69) is 10.6 Å². The van der Waals surface area contributed by atoms with Crippen LogP contribution in [0.2, 0.25) is 5.02 Å². The summed E-state index contributed by atoms with van der Waals surface area (Å²) < 4.78 is 0. The molecule has 1 aromatic carbocycles. The number of rotatable bonds is 8. The molecule has 1 aromatic rings. The third kappa shape index (κ3) is 6.20. The first kappa shape index (κ1) is 20.0. The molecule has 3 atom stereocenters. The standard InChI is InChI=1S/C17H23ClN2O4/c1-4-10(2)15(17(24)19-11(3)9-14(21)22)20-16(23)12-5-7-13(18)8-6-12/h5-8,10-11,15H,4,9H2,1-3H3,(H,19,24)(H,20,23)(H,21,22). The zero-order valence-corrected chi connectivity index (χ0v) is 14.8. The van der Waals surface area contributed by atoms with Gasteiger partial charge in [-0.1, -0.05) is 31.9 Å². The molecule has 0 saturated carbocycles. The van der Waals surface area contributed by atoms with E-state index in [0.29, 0.717) is 17.0 Å². The van der Waals surface area contributed by atoms with Crippen molar-refractivity contribution in [2.24, 2.45) is 5.92 Å². The minimum atomic E-state index is -0.993. The van der Waals surface area contributed by atoms with Crippen molar-refractivity contribution in [2.75, 3.05) is 0 Å². The van der Waals surface area contributed by atoms with E-state index in [4.69, 9.17) is 16.7 Å². The Balaban J connectivity index is 2.81. The number of carbonyl (C=O) groups excluding carboxylic acids is 2. The van der Waals surface area contributed by atoms with Gasteiger partial charge in [0.05, 0.1) is 6.42 Å². The van der Waals surface area contributed by atoms with Gasteiger partial charge in [0.25, 0.3) is 5.91 Å². The van der Waals surface area contributed by atoms with Crippen molar-refractivity contribution in [1.82, 2.24) is 10.6 Å². The van der Waals surface area contributed by atoms with Gasteiger partial charge >= 0.3 is 5.97 Å². The Labute approximate surface area is 146 Å². The summed E-state index contributed by atoms with van der Waals surface area (Å²) in [5.74, 6) is -1.86. The van der Waals surface area contributed by atoms with E-state index in [1.807, 2.05) is 13.8 Å². The average molecular weight is 355 g/mol. The molecule has 7 heteroatoms. The third-order valence-corrected chi connectivity index (χ3v) is 4.01. The fourth-order valence-electron chi connectivity index (χ4n) is 2.17. The smallest absolute Gasteiger partial charge is 0.305 e. The summed E-state index contributed by atoms with van der Waals surface area (Å²) in [7, 11) is 0. The molecule has 6 nitrogen and oxygen atoms in total. The van der Waals surface area contributed by atoms with Crippen LogP contribution in [0.3, 0.4) is 0 Å².